The van der Waals surface area contributed by atoms with Gasteiger partial charge in [-0.2, -0.15) is 0 Å². The first-order chi connectivity index (χ1) is 6.19. The van der Waals surface area contributed by atoms with Gasteiger partial charge in [-0.1, -0.05) is 6.58 Å². The van der Waals surface area contributed by atoms with Crippen molar-refractivity contribution >= 4 is 5.78 Å². The molecule has 1 aromatic carbocycles. The number of carbonyl (C=O) groups is 1. The molecule has 0 spiro atoms. The predicted molar refractivity (Wildman–Crippen MR) is 49.2 cm³/mol. The van der Waals surface area contributed by atoms with Crippen LogP contribution in [-0.2, 0) is 0 Å². The normalized spacial score (nSPS) is 9.31. The molecular weight excluding hydrogens is 168 g/mol. The number of methoxy groups -OCH3 is 1. The van der Waals surface area contributed by atoms with Crippen molar-refractivity contribution in [2.45, 2.75) is 0 Å². The highest BCUT2D eigenvalue weighted by atomic mass is 16.5. The summed E-state index contributed by atoms with van der Waals surface area (Å²) in [6.07, 6.45) is 1.15. The van der Waals surface area contributed by atoms with Crippen LogP contribution in [0.15, 0.2) is 30.9 Å². The minimum Gasteiger partial charge on any atom is -0.507 e. The Hall–Kier alpha value is -1.77. The molecule has 0 fully saturated rings. The van der Waals surface area contributed by atoms with Crippen LogP contribution in [0.3, 0.4) is 0 Å². The van der Waals surface area contributed by atoms with Crippen molar-refractivity contribution in [3.8, 4) is 11.5 Å². The smallest absolute Gasteiger partial charge is 0.189 e. The molecule has 1 rings (SSSR count). The van der Waals surface area contributed by atoms with E-state index >= 15 is 0 Å². The Balaban J connectivity index is 3.18. The lowest BCUT2D eigenvalue weighted by molar-refractivity contribution is 0.104. The van der Waals surface area contributed by atoms with Crippen molar-refractivity contribution in [2.24, 2.45) is 0 Å². The van der Waals surface area contributed by atoms with Crippen LogP contribution in [0.5, 0.6) is 11.5 Å². The molecule has 0 aliphatic rings. The standard InChI is InChI=1S/C10H10O3/c1-3-9(11)8-6-7(13-2)4-5-10(8)12/h3-6,12H,1H2,2H3. The molecule has 68 valence electrons. The summed E-state index contributed by atoms with van der Waals surface area (Å²) < 4.78 is 4.91. The fourth-order valence-electron chi connectivity index (χ4n) is 0.949. The number of phenolic OH excluding ortho intramolecular Hbond substituents is 1. The van der Waals surface area contributed by atoms with Crippen LogP contribution in [0.25, 0.3) is 0 Å². The third-order valence-corrected chi connectivity index (χ3v) is 1.65. The van der Waals surface area contributed by atoms with Crippen molar-refractivity contribution in [3.63, 3.8) is 0 Å². The van der Waals surface area contributed by atoms with Crippen molar-refractivity contribution < 1.29 is 14.6 Å². The van der Waals surface area contributed by atoms with E-state index in [1.165, 1.54) is 19.2 Å². The second-order valence-electron chi connectivity index (χ2n) is 2.45. The summed E-state index contributed by atoms with van der Waals surface area (Å²) in [5.41, 5.74) is 0.203. The lowest BCUT2D eigenvalue weighted by Gasteiger charge is -2.03. The fourth-order valence-corrected chi connectivity index (χ4v) is 0.949. The number of carbonyl (C=O) groups excluding carboxylic acids is 1. The van der Waals surface area contributed by atoms with E-state index in [-0.39, 0.29) is 17.1 Å². The number of phenols is 1. The number of hydrogen-bond donors (Lipinski definition) is 1. The quantitative estimate of drug-likeness (QED) is 0.566. The van der Waals surface area contributed by atoms with E-state index in [4.69, 9.17) is 4.74 Å². The van der Waals surface area contributed by atoms with Crippen LogP contribution in [-0.4, -0.2) is 18.0 Å². The molecule has 0 aliphatic heterocycles. The zero-order valence-corrected chi connectivity index (χ0v) is 7.28. The largest absolute Gasteiger partial charge is 0.507 e. The zero-order chi connectivity index (χ0) is 9.84. The Bertz CT molecular complexity index is 342. The maximum atomic E-state index is 11.2. The Morgan fingerprint density at radius 1 is 1.62 bits per heavy atom. The van der Waals surface area contributed by atoms with Crippen molar-refractivity contribution in [1.82, 2.24) is 0 Å². The van der Waals surface area contributed by atoms with Crippen LogP contribution in [0, 0.1) is 0 Å². The lowest BCUT2D eigenvalue weighted by Crippen LogP contribution is -1.95. The number of benzene rings is 1. The Morgan fingerprint density at radius 3 is 2.85 bits per heavy atom. The molecule has 0 saturated carbocycles. The van der Waals surface area contributed by atoms with E-state index in [0.717, 1.165) is 6.08 Å². The van der Waals surface area contributed by atoms with Gasteiger partial charge >= 0.3 is 0 Å². The van der Waals surface area contributed by atoms with Gasteiger partial charge in [0.2, 0.25) is 0 Å². The topological polar surface area (TPSA) is 46.5 Å². The van der Waals surface area contributed by atoms with Crippen LogP contribution in [0.1, 0.15) is 10.4 Å². The second-order valence-corrected chi connectivity index (χ2v) is 2.45. The van der Waals surface area contributed by atoms with E-state index in [0.29, 0.717) is 5.75 Å². The van der Waals surface area contributed by atoms with Crippen LogP contribution in [0.2, 0.25) is 0 Å². The first-order valence-corrected chi connectivity index (χ1v) is 3.73. The minimum absolute atomic E-state index is 0.0642. The highest BCUT2D eigenvalue weighted by Crippen LogP contribution is 2.23. The second kappa shape index (κ2) is 3.76. The van der Waals surface area contributed by atoms with E-state index in [9.17, 15) is 9.90 Å². The number of ketones is 1. The average Bonchev–Trinajstić information content (AvgIpc) is 2.17. The summed E-state index contributed by atoms with van der Waals surface area (Å²) in [6.45, 7) is 3.33. The van der Waals surface area contributed by atoms with Gasteiger partial charge in [-0.05, 0) is 24.3 Å². The van der Waals surface area contributed by atoms with Crippen molar-refractivity contribution in [3.05, 3.63) is 36.4 Å². The highest BCUT2D eigenvalue weighted by molar-refractivity contribution is 6.06. The van der Waals surface area contributed by atoms with E-state index in [2.05, 4.69) is 6.58 Å². The molecular formula is C10H10O3. The fraction of sp³-hybridized carbons (Fsp3) is 0.100. The molecule has 0 saturated heterocycles. The first kappa shape index (κ1) is 9.32. The van der Waals surface area contributed by atoms with Crippen LogP contribution >= 0.6 is 0 Å². The van der Waals surface area contributed by atoms with E-state index in [1.54, 1.807) is 6.07 Å². The highest BCUT2D eigenvalue weighted by Gasteiger charge is 2.08. The third-order valence-electron chi connectivity index (χ3n) is 1.65. The minimum atomic E-state index is -0.323. The van der Waals surface area contributed by atoms with Crippen molar-refractivity contribution in [1.29, 1.82) is 0 Å². The molecule has 0 aromatic heterocycles. The number of ether oxygens (including phenoxy) is 1. The van der Waals surface area contributed by atoms with Crippen LogP contribution < -0.4 is 4.74 Å². The number of rotatable bonds is 3. The van der Waals surface area contributed by atoms with Gasteiger partial charge in [0.15, 0.2) is 5.78 Å². The van der Waals surface area contributed by atoms with Crippen molar-refractivity contribution in [2.75, 3.05) is 7.11 Å². The maximum absolute atomic E-state index is 11.2. The molecule has 0 radical (unpaired) electrons. The summed E-state index contributed by atoms with van der Waals surface area (Å²) in [5, 5.41) is 9.31. The third kappa shape index (κ3) is 1.87. The molecule has 0 heterocycles. The number of aromatic hydroxyl groups is 1. The summed E-state index contributed by atoms with van der Waals surface area (Å²) in [6, 6.07) is 4.46. The summed E-state index contributed by atoms with van der Waals surface area (Å²) in [5.74, 6) is 0.144. The van der Waals surface area contributed by atoms with Gasteiger partial charge in [0, 0.05) is 0 Å². The zero-order valence-electron chi connectivity index (χ0n) is 7.28. The maximum Gasteiger partial charge on any atom is 0.189 e. The molecule has 1 aromatic rings. The summed E-state index contributed by atoms with van der Waals surface area (Å²) in [7, 11) is 1.49. The number of hydrogen-bond acceptors (Lipinski definition) is 3. The number of allylic oxidation sites excluding steroid dienone is 1. The van der Waals surface area contributed by atoms with Gasteiger partial charge in [0.1, 0.15) is 11.5 Å². The molecule has 0 aliphatic carbocycles. The van der Waals surface area contributed by atoms with Gasteiger partial charge < -0.3 is 9.84 Å². The summed E-state index contributed by atoms with van der Waals surface area (Å²) >= 11 is 0. The summed E-state index contributed by atoms with van der Waals surface area (Å²) in [4.78, 5) is 11.2. The van der Waals surface area contributed by atoms with Gasteiger partial charge in [0.25, 0.3) is 0 Å². The molecule has 0 atom stereocenters. The molecule has 0 amide bonds. The van der Waals surface area contributed by atoms with Gasteiger partial charge in [0.05, 0.1) is 12.7 Å². The molecule has 0 unspecified atom stereocenters. The van der Waals surface area contributed by atoms with Gasteiger partial charge in [-0.3, -0.25) is 4.79 Å². The molecule has 0 bridgehead atoms. The SMILES string of the molecule is C=CC(=O)c1cc(OC)ccc1O. The first-order valence-electron chi connectivity index (χ1n) is 3.73. The van der Waals surface area contributed by atoms with E-state index in [1.807, 2.05) is 0 Å². The Kier molecular flexibility index (Phi) is 2.69. The molecule has 13 heavy (non-hydrogen) atoms. The Labute approximate surface area is 76.3 Å². The predicted octanol–water partition coefficient (Wildman–Crippen LogP) is 1.77. The van der Waals surface area contributed by atoms with Gasteiger partial charge in [-0.15, -0.1) is 0 Å². The van der Waals surface area contributed by atoms with Gasteiger partial charge in [-0.25, -0.2) is 0 Å². The lowest BCUT2D eigenvalue weighted by atomic mass is 10.1. The monoisotopic (exact) mass is 178 g/mol. The van der Waals surface area contributed by atoms with Crippen LogP contribution in [0.4, 0.5) is 0 Å². The van der Waals surface area contributed by atoms with E-state index < -0.39 is 0 Å². The molecule has 3 nitrogen and oxygen atoms in total. The Morgan fingerprint density at radius 2 is 2.31 bits per heavy atom. The molecule has 3 heteroatoms. The molecule has 1 N–H and O–H groups in total. The average molecular weight is 178 g/mol.